The molecule has 5 nitrogen and oxygen atoms in total. The number of aliphatic imine (C=N–C) groups is 2. The van der Waals surface area contributed by atoms with E-state index in [2.05, 4.69) is 20.0 Å². The Hall–Kier alpha value is -2.17. The number of fused-ring (bicyclic) bond motifs is 3. The van der Waals surface area contributed by atoms with E-state index in [1.165, 1.54) is 18.6 Å². The summed E-state index contributed by atoms with van der Waals surface area (Å²) in [6.45, 7) is 1.79. The number of hydrogen-bond donors (Lipinski definition) is 0. The molecule has 0 saturated heterocycles. The van der Waals surface area contributed by atoms with E-state index in [9.17, 15) is 4.79 Å². The Kier molecular flexibility index (Phi) is 1.45. The van der Waals surface area contributed by atoms with Crippen LogP contribution >= 0.6 is 0 Å². The molecule has 0 atom stereocenters. The summed E-state index contributed by atoms with van der Waals surface area (Å²) in [7, 11) is 0. The van der Waals surface area contributed by atoms with E-state index in [0.29, 0.717) is 28.5 Å². The summed E-state index contributed by atoms with van der Waals surface area (Å²) in [5, 5.41) is 0. The molecule has 2 heterocycles. The van der Waals surface area contributed by atoms with Crippen LogP contribution in [0.1, 0.15) is 23.0 Å². The first-order chi connectivity index (χ1) is 7.25. The standard InChI is InChI=1S/C10H6N4O/c1-5-13-7-2-8(15)6-3-11-4-12-9(6)10(7)14-5/h2-4H,1H3. The van der Waals surface area contributed by atoms with Crippen molar-refractivity contribution in [2.45, 2.75) is 6.92 Å². The molecule has 3 rings (SSSR count). The second kappa shape index (κ2) is 2.66. The molecular formula is C10H6N4O. The van der Waals surface area contributed by atoms with E-state index in [1.807, 2.05) is 0 Å². The number of ketones is 1. The predicted molar refractivity (Wildman–Crippen MR) is 54.1 cm³/mol. The van der Waals surface area contributed by atoms with E-state index < -0.39 is 0 Å². The van der Waals surface area contributed by atoms with Gasteiger partial charge in [0.05, 0.1) is 11.3 Å². The third-order valence-electron chi connectivity index (χ3n) is 2.27. The van der Waals surface area contributed by atoms with Crippen molar-refractivity contribution in [2.24, 2.45) is 9.98 Å². The van der Waals surface area contributed by atoms with Crippen molar-refractivity contribution in [1.29, 1.82) is 0 Å². The van der Waals surface area contributed by atoms with Gasteiger partial charge in [-0.2, -0.15) is 0 Å². The molecule has 0 N–H and O–H groups in total. The molecule has 1 aliphatic carbocycles. The van der Waals surface area contributed by atoms with Gasteiger partial charge in [-0.3, -0.25) is 4.79 Å². The fourth-order valence-electron chi connectivity index (χ4n) is 1.65. The van der Waals surface area contributed by atoms with E-state index in [4.69, 9.17) is 0 Å². The zero-order valence-corrected chi connectivity index (χ0v) is 7.93. The summed E-state index contributed by atoms with van der Waals surface area (Å²) in [6, 6.07) is 0. The van der Waals surface area contributed by atoms with Gasteiger partial charge in [0.2, 0.25) is 0 Å². The highest BCUT2D eigenvalue weighted by atomic mass is 16.1. The Bertz CT molecular complexity index is 569. The molecule has 2 aliphatic rings. The van der Waals surface area contributed by atoms with Crippen LogP contribution in [-0.2, 0) is 0 Å². The molecule has 0 radical (unpaired) electrons. The average Bonchev–Trinajstić information content (AvgIpc) is 2.59. The number of aromatic nitrogens is 2. The van der Waals surface area contributed by atoms with Crippen LogP contribution < -0.4 is 0 Å². The van der Waals surface area contributed by atoms with Gasteiger partial charge in [0.15, 0.2) is 5.78 Å². The van der Waals surface area contributed by atoms with Crippen LogP contribution in [0.4, 0.5) is 0 Å². The van der Waals surface area contributed by atoms with Crippen LogP contribution in [-0.4, -0.2) is 27.3 Å². The molecular weight excluding hydrogens is 192 g/mol. The summed E-state index contributed by atoms with van der Waals surface area (Å²) in [5.41, 5.74) is 2.34. The number of allylic oxidation sites excluding steroid dienone is 2. The number of rotatable bonds is 0. The van der Waals surface area contributed by atoms with Crippen molar-refractivity contribution in [3.63, 3.8) is 0 Å². The lowest BCUT2D eigenvalue weighted by Gasteiger charge is -2.10. The van der Waals surface area contributed by atoms with Crippen molar-refractivity contribution in [1.82, 2.24) is 9.97 Å². The molecule has 1 aromatic heterocycles. The normalized spacial score (nSPS) is 17.7. The molecule has 15 heavy (non-hydrogen) atoms. The fourth-order valence-corrected chi connectivity index (χ4v) is 1.65. The van der Waals surface area contributed by atoms with Gasteiger partial charge < -0.3 is 0 Å². The van der Waals surface area contributed by atoms with Gasteiger partial charge in [-0.1, -0.05) is 0 Å². The van der Waals surface area contributed by atoms with Crippen molar-refractivity contribution >= 4 is 17.3 Å². The predicted octanol–water partition coefficient (Wildman–Crippen LogP) is 0.778. The van der Waals surface area contributed by atoms with E-state index >= 15 is 0 Å². The summed E-state index contributed by atoms with van der Waals surface area (Å²) in [5.74, 6) is 0.536. The first-order valence-corrected chi connectivity index (χ1v) is 4.46. The molecule has 1 aliphatic heterocycles. The minimum atomic E-state index is -0.113. The lowest BCUT2D eigenvalue weighted by atomic mass is 9.99. The monoisotopic (exact) mass is 198 g/mol. The van der Waals surface area contributed by atoms with Crippen LogP contribution in [0, 0.1) is 0 Å². The third kappa shape index (κ3) is 1.06. The molecule has 5 heteroatoms. The Morgan fingerprint density at radius 2 is 2.13 bits per heavy atom. The van der Waals surface area contributed by atoms with Gasteiger partial charge in [-0.05, 0) is 6.92 Å². The molecule has 0 fully saturated rings. The minimum Gasteiger partial charge on any atom is -0.289 e. The van der Waals surface area contributed by atoms with Gasteiger partial charge in [0.1, 0.15) is 23.6 Å². The largest absolute Gasteiger partial charge is 0.289 e. The molecule has 0 amide bonds. The summed E-state index contributed by atoms with van der Waals surface area (Å²) in [6.07, 6.45) is 4.39. The van der Waals surface area contributed by atoms with E-state index in [0.717, 1.165) is 0 Å². The van der Waals surface area contributed by atoms with Gasteiger partial charge in [0.25, 0.3) is 0 Å². The van der Waals surface area contributed by atoms with Crippen molar-refractivity contribution in [3.05, 3.63) is 35.6 Å². The topological polar surface area (TPSA) is 67.6 Å². The molecule has 0 unspecified atom stereocenters. The zero-order chi connectivity index (χ0) is 10.4. The quantitative estimate of drug-likeness (QED) is 0.618. The third-order valence-corrected chi connectivity index (χ3v) is 2.27. The lowest BCUT2D eigenvalue weighted by Crippen LogP contribution is -2.17. The summed E-state index contributed by atoms with van der Waals surface area (Å²) < 4.78 is 0. The van der Waals surface area contributed by atoms with Gasteiger partial charge in [-0.15, -0.1) is 0 Å². The van der Waals surface area contributed by atoms with Crippen molar-refractivity contribution < 1.29 is 4.79 Å². The SMILES string of the molecule is CC1=NC2=CC(=O)c3cncnc3C2=N1. The summed E-state index contributed by atoms with van der Waals surface area (Å²) in [4.78, 5) is 27.9. The van der Waals surface area contributed by atoms with Crippen LogP contribution in [0.3, 0.4) is 0 Å². The highest BCUT2D eigenvalue weighted by Gasteiger charge is 2.27. The van der Waals surface area contributed by atoms with E-state index in [-0.39, 0.29) is 5.78 Å². The Morgan fingerprint density at radius 1 is 1.27 bits per heavy atom. The highest BCUT2D eigenvalue weighted by molar-refractivity contribution is 6.29. The minimum absolute atomic E-state index is 0.113. The van der Waals surface area contributed by atoms with Crippen molar-refractivity contribution in [2.75, 3.05) is 0 Å². The van der Waals surface area contributed by atoms with Crippen LogP contribution in [0.25, 0.3) is 0 Å². The maximum absolute atomic E-state index is 11.7. The second-order valence-corrected chi connectivity index (χ2v) is 3.30. The molecule has 0 aromatic carbocycles. The zero-order valence-electron chi connectivity index (χ0n) is 7.93. The molecule has 0 spiro atoms. The Morgan fingerprint density at radius 3 is 3.00 bits per heavy atom. The van der Waals surface area contributed by atoms with Crippen LogP contribution in [0.2, 0.25) is 0 Å². The number of carbonyl (C=O) groups is 1. The maximum atomic E-state index is 11.7. The Labute approximate surface area is 85.3 Å². The maximum Gasteiger partial charge on any atom is 0.191 e. The molecule has 0 saturated carbocycles. The molecule has 72 valence electrons. The Balaban J connectivity index is 2.30. The van der Waals surface area contributed by atoms with Gasteiger partial charge in [0, 0.05) is 12.3 Å². The number of carbonyl (C=O) groups excluding carboxylic acids is 1. The number of nitrogens with zero attached hydrogens (tertiary/aromatic N) is 4. The van der Waals surface area contributed by atoms with E-state index in [1.54, 1.807) is 6.92 Å². The first kappa shape index (κ1) is 8.16. The highest BCUT2D eigenvalue weighted by Crippen LogP contribution is 2.23. The summed E-state index contributed by atoms with van der Waals surface area (Å²) >= 11 is 0. The smallest absolute Gasteiger partial charge is 0.191 e. The van der Waals surface area contributed by atoms with Gasteiger partial charge in [-0.25, -0.2) is 20.0 Å². The van der Waals surface area contributed by atoms with Crippen LogP contribution in [0.15, 0.2) is 34.3 Å². The van der Waals surface area contributed by atoms with Gasteiger partial charge >= 0.3 is 0 Å². The van der Waals surface area contributed by atoms with Crippen molar-refractivity contribution in [3.8, 4) is 0 Å². The average molecular weight is 198 g/mol. The first-order valence-electron chi connectivity index (χ1n) is 4.46. The molecule has 1 aromatic rings. The van der Waals surface area contributed by atoms with Crippen LogP contribution in [0.5, 0.6) is 0 Å². The fraction of sp³-hybridized carbons (Fsp3) is 0.100. The molecule has 0 bridgehead atoms. The number of amidine groups is 1. The lowest BCUT2D eigenvalue weighted by molar-refractivity contribution is 0.104. The second-order valence-electron chi connectivity index (χ2n) is 3.30. The number of hydrogen-bond acceptors (Lipinski definition) is 5.